The van der Waals surface area contributed by atoms with E-state index in [0.29, 0.717) is 0 Å². The first-order valence-electron chi connectivity index (χ1n) is 6.98. The number of hydrogen-bond acceptors (Lipinski definition) is 5. The van der Waals surface area contributed by atoms with Crippen molar-refractivity contribution in [2.45, 2.75) is 52.6 Å². The summed E-state index contributed by atoms with van der Waals surface area (Å²) in [5.41, 5.74) is -1.93. The summed E-state index contributed by atoms with van der Waals surface area (Å²) in [6, 6.07) is 0. The van der Waals surface area contributed by atoms with Gasteiger partial charge in [-0.25, -0.2) is 4.79 Å². The number of aliphatic hydroxyl groups excluding tert-OH is 2. The van der Waals surface area contributed by atoms with E-state index in [1.807, 2.05) is 27.7 Å². The Bertz CT molecular complexity index is 528. The number of rotatable bonds is 2. The number of hydrogen-bond donors (Lipinski definition) is 3. The van der Waals surface area contributed by atoms with Crippen molar-refractivity contribution in [1.29, 1.82) is 0 Å². The number of halogens is 1. The predicted octanol–water partition coefficient (Wildman–Crippen LogP) is 0.369. The Balaban J connectivity index is 0.000000921. The van der Waals surface area contributed by atoms with E-state index in [1.54, 1.807) is 4.98 Å². The summed E-state index contributed by atoms with van der Waals surface area (Å²) in [7, 11) is 0. The molecular formula is C13H23FN2O5. The average Bonchev–Trinajstić information content (AvgIpc) is 2.88. The number of aliphatic hydroxyl groups is 2. The highest BCUT2D eigenvalue weighted by Crippen LogP contribution is 2.26. The van der Waals surface area contributed by atoms with Crippen LogP contribution >= 0.6 is 0 Å². The maximum Gasteiger partial charge on any atom is 0.330 e. The van der Waals surface area contributed by atoms with Gasteiger partial charge in [0.25, 0.3) is 5.56 Å². The Kier molecular flexibility index (Phi) is 8.75. The molecule has 3 unspecified atom stereocenters. The van der Waals surface area contributed by atoms with Crippen LogP contribution in [0.1, 0.15) is 40.3 Å². The van der Waals surface area contributed by atoms with E-state index in [1.165, 1.54) is 0 Å². The summed E-state index contributed by atoms with van der Waals surface area (Å²) >= 11 is 0. The molecule has 0 aliphatic carbocycles. The van der Waals surface area contributed by atoms with E-state index in [2.05, 4.69) is 0 Å². The lowest BCUT2D eigenvalue weighted by Crippen LogP contribution is -2.34. The third-order valence-electron chi connectivity index (χ3n) is 2.62. The van der Waals surface area contributed by atoms with E-state index in [0.717, 1.165) is 10.8 Å². The van der Waals surface area contributed by atoms with E-state index in [-0.39, 0.29) is 6.42 Å². The van der Waals surface area contributed by atoms with Gasteiger partial charge in [0.2, 0.25) is 5.82 Å². The van der Waals surface area contributed by atoms with Crippen LogP contribution < -0.4 is 11.2 Å². The van der Waals surface area contributed by atoms with Gasteiger partial charge in [-0.15, -0.1) is 0 Å². The molecule has 0 radical (unpaired) electrons. The fraction of sp³-hybridized carbons (Fsp3) is 0.692. The molecule has 1 aromatic rings. The molecule has 7 nitrogen and oxygen atoms in total. The molecule has 1 fully saturated rings. The molecule has 0 bridgehead atoms. The maximum absolute atomic E-state index is 13.0. The van der Waals surface area contributed by atoms with Gasteiger partial charge in [-0.3, -0.25) is 14.3 Å². The smallest absolute Gasteiger partial charge is 0.330 e. The Morgan fingerprint density at radius 1 is 1.38 bits per heavy atom. The maximum atomic E-state index is 13.0. The molecular weight excluding hydrogens is 283 g/mol. The second kappa shape index (κ2) is 9.43. The van der Waals surface area contributed by atoms with Crippen LogP contribution in [0.25, 0.3) is 0 Å². The fourth-order valence-electron chi connectivity index (χ4n) is 1.72. The van der Waals surface area contributed by atoms with Gasteiger partial charge in [0, 0.05) is 6.42 Å². The molecule has 2 heterocycles. The first kappa shape index (κ1) is 19.5. The summed E-state index contributed by atoms with van der Waals surface area (Å²) in [6.45, 7) is 7.60. The summed E-state index contributed by atoms with van der Waals surface area (Å²) in [4.78, 5) is 24.0. The van der Waals surface area contributed by atoms with Crippen molar-refractivity contribution in [3.63, 3.8) is 0 Å². The molecule has 1 aliphatic heterocycles. The van der Waals surface area contributed by atoms with Crippen LogP contribution in [0.5, 0.6) is 0 Å². The average molecular weight is 306 g/mol. The second-order valence-corrected chi connectivity index (χ2v) is 3.76. The van der Waals surface area contributed by atoms with E-state index in [9.17, 15) is 19.1 Å². The van der Waals surface area contributed by atoms with Gasteiger partial charge < -0.3 is 14.9 Å². The summed E-state index contributed by atoms with van der Waals surface area (Å²) in [5.74, 6) is -1.12. The number of nitrogens with zero attached hydrogens (tertiary/aromatic N) is 1. The van der Waals surface area contributed by atoms with Gasteiger partial charge in [0.05, 0.1) is 18.9 Å². The topological polar surface area (TPSA) is 105 Å². The highest BCUT2D eigenvalue weighted by atomic mass is 19.1. The van der Waals surface area contributed by atoms with Gasteiger partial charge in [-0.1, -0.05) is 27.7 Å². The van der Waals surface area contributed by atoms with Crippen molar-refractivity contribution in [3.8, 4) is 0 Å². The third-order valence-corrected chi connectivity index (χ3v) is 2.62. The zero-order valence-corrected chi connectivity index (χ0v) is 12.7. The normalized spacial score (nSPS) is 23.7. The van der Waals surface area contributed by atoms with Crippen molar-refractivity contribution in [3.05, 3.63) is 32.9 Å². The van der Waals surface area contributed by atoms with Crippen molar-refractivity contribution in [2.24, 2.45) is 0 Å². The third kappa shape index (κ3) is 4.76. The largest absolute Gasteiger partial charge is 0.394 e. The minimum Gasteiger partial charge on any atom is -0.394 e. The molecule has 3 atom stereocenters. The molecule has 0 amide bonds. The van der Waals surface area contributed by atoms with Crippen molar-refractivity contribution >= 4 is 0 Å². The van der Waals surface area contributed by atoms with E-state index < -0.39 is 42.1 Å². The first-order chi connectivity index (χ1) is 10.0. The van der Waals surface area contributed by atoms with Crippen LogP contribution in [0, 0.1) is 5.82 Å². The van der Waals surface area contributed by atoms with Crippen LogP contribution in [-0.2, 0) is 4.74 Å². The summed E-state index contributed by atoms with van der Waals surface area (Å²) < 4.78 is 19.0. The number of aromatic amines is 1. The molecule has 3 N–H and O–H groups in total. The number of nitrogens with one attached hydrogen (secondary N) is 1. The summed E-state index contributed by atoms with van der Waals surface area (Å²) in [5, 5.41) is 18.3. The van der Waals surface area contributed by atoms with Crippen LogP contribution in [0.4, 0.5) is 4.39 Å². The Labute approximate surface area is 122 Å². The highest BCUT2D eigenvalue weighted by molar-refractivity contribution is 4.91. The Hall–Kier alpha value is -1.51. The predicted molar refractivity (Wildman–Crippen MR) is 75.6 cm³/mol. The Morgan fingerprint density at radius 2 is 1.95 bits per heavy atom. The van der Waals surface area contributed by atoms with Gasteiger partial charge in [0.1, 0.15) is 12.3 Å². The lowest BCUT2D eigenvalue weighted by molar-refractivity contribution is -0.0462. The monoisotopic (exact) mass is 306 g/mol. The quantitative estimate of drug-likeness (QED) is 0.732. The molecule has 1 saturated heterocycles. The lowest BCUT2D eigenvalue weighted by atomic mass is 10.2. The van der Waals surface area contributed by atoms with Crippen LogP contribution in [-0.4, -0.2) is 38.6 Å². The van der Waals surface area contributed by atoms with Crippen molar-refractivity contribution in [1.82, 2.24) is 9.55 Å². The first-order valence-corrected chi connectivity index (χ1v) is 6.98. The fourth-order valence-corrected chi connectivity index (χ4v) is 1.72. The van der Waals surface area contributed by atoms with Crippen LogP contribution in [0.2, 0.25) is 0 Å². The zero-order chi connectivity index (χ0) is 16.6. The van der Waals surface area contributed by atoms with Gasteiger partial charge in [-0.2, -0.15) is 4.39 Å². The summed E-state index contributed by atoms with van der Waals surface area (Å²) in [6.07, 6.45) is -1.90. The molecule has 122 valence electrons. The lowest BCUT2D eigenvalue weighted by Gasteiger charge is -2.13. The number of H-pyrrole nitrogens is 1. The van der Waals surface area contributed by atoms with Crippen LogP contribution in [0.3, 0.4) is 0 Å². The number of ether oxygens (including phenoxy) is 1. The minimum absolute atomic E-state index is 0.0383. The van der Waals surface area contributed by atoms with Crippen molar-refractivity contribution < 1.29 is 19.3 Å². The minimum atomic E-state index is -1.12. The Morgan fingerprint density at radius 3 is 2.43 bits per heavy atom. The molecule has 0 saturated carbocycles. The highest BCUT2D eigenvalue weighted by Gasteiger charge is 2.35. The molecule has 1 aromatic heterocycles. The number of aromatic nitrogens is 2. The molecule has 2 rings (SSSR count). The van der Waals surface area contributed by atoms with Crippen LogP contribution in [0.15, 0.2) is 15.8 Å². The molecule has 1 aliphatic rings. The van der Waals surface area contributed by atoms with Gasteiger partial charge in [-0.05, 0) is 0 Å². The SMILES string of the molecule is CC.CC.O=c1[nH]c(=O)n(C2CC(O)C(CO)O2)cc1F. The molecule has 8 heteroatoms. The molecule has 0 spiro atoms. The zero-order valence-electron chi connectivity index (χ0n) is 12.7. The van der Waals surface area contributed by atoms with E-state index >= 15 is 0 Å². The van der Waals surface area contributed by atoms with Gasteiger partial charge in [0.15, 0.2) is 0 Å². The molecule has 21 heavy (non-hydrogen) atoms. The van der Waals surface area contributed by atoms with Crippen molar-refractivity contribution in [2.75, 3.05) is 6.61 Å². The standard InChI is InChI=1S/C9H11FN2O5.2C2H6/c10-4-2-12(9(16)11-8(4)15)7-1-5(14)6(3-13)17-7;2*1-2/h2,5-7,13-14H,1,3H2,(H,11,15,16);2*1-2H3. The van der Waals surface area contributed by atoms with E-state index in [4.69, 9.17) is 9.84 Å². The van der Waals surface area contributed by atoms with Gasteiger partial charge >= 0.3 is 5.69 Å². The second-order valence-electron chi connectivity index (χ2n) is 3.76. The molecule has 0 aromatic carbocycles.